The highest BCUT2D eigenvalue weighted by atomic mass is 16.5. The van der Waals surface area contributed by atoms with Gasteiger partial charge >= 0.3 is 0 Å². The lowest BCUT2D eigenvalue weighted by Crippen LogP contribution is -2.44. The molecule has 0 radical (unpaired) electrons. The van der Waals surface area contributed by atoms with Gasteiger partial charge in [0.25, 0.3) is 11.8 Å². The molecule has 0 aromatic heterocycles. The normalized spacial score (nSPS) is 12.3. The Labute approximate surface area is 148 Å². The van der Waals surface area contributed by atoms with E-state index in [0.29, 0.717) is 11.1 Å². The van der Waals surface area contributed by atoms with Crippen LogP contribution in [0.4, 0.5) is 0 Å². The summed E-state index contributed by atoms with van der Waals surface area (Å²) in [7, 11) is 1.45. The fourth-order valence-corrected chi connectivity index (χ4v) is 2.40. The third kappa shape index (κ3) is 4.90. The van der Waals surface area contributed by atoms with Gasteiger partial charge in [0.05, 0.1) is 0 Å². The SMILES string of the molecule is CO[C@@H](C(=O)NNC(=O)c1ccc(C(C)(C)C)cc1)c1ccccc1. The van der Waals surface area contributed by atoms with Crippen LogP contribution in [0.3, 0.4) is 0 Å². The summed E-state index contributed by atoms with van der Waals surface area (Å²) in [6, 6.07) is 16.4. The minimum atomic E-state index is -0.787. The summed E-state index contributed by atoms with van der Waals surface area (Å²) in [6.45, 7) is 6.32. The Morgan fingerprint density at radius 3 is 2.04 bits per heavy atom. The quantitative estimate of drug-likeness (QED) is 0.840. The van der Waals surface area contributed by atoms with Gasteiger partial charge in [0.2, 0.25) is 0 Å². The van der Waals surface area contributed by atoms with Crippen LogP contribution in [-0.4, -0.2) is 18.9 Å². The number of hydrogen-bond acceptors (Lipinski definition) is 3. The number of hydrazine groups is 1. The van der Waals surface area contributed by atoms with E-state index in [4.69, 9.17) is 4.74 Å². The Kier molecular flexibility index (Phi) is 5.93. The van der Waals surface area contributed by atoms with Crippen LogP contribution in [-0.2, 0) is 14.9 Å². The highest BCUT2D eigenvalue weighted by Crippen LogP contribution is 2.22. The zero-order valence-electron chi connectivity index (χ0n) is 15.0. The van der Waals surface area contributed by atoms with Crippen LogP contribution in [0.15, 0.2) is 54.6 Å². The number of amides is 2. The number of ether oxygens (including phenoxy) is 1. The maximum Gasteiger partial charge on any atom is 0.272 e. The van der Waals surface area contributed by atoms with Crippen molar-refractivity contribution < 1.29 is 14.3 Å². The van der Waals surface area contributed by atoms with Crippen molar-refractivity contribution in [3.63, 3.8) is 0 Å². The monoisotopic (exact) mass is 340 g/mol. The summed E-state index contributed by atoms with van der Waals surface area (Å²) in [5.74, 6) is -0.815. The molecular formula is C20H24N2O3. The van der Waals surface area contributed by atoms with Crippen molar-refractivity contribution in [1.82, 2.24) is 10.9 Å². The molecule has 0 heterocycles. The fraction of sp³-hybridized carbons (Fsp3) is 0.300. The molecule has 0 aliphatic carbocycles. The van der Waals surface area contributed by atoms with Crippen LogP contribution in [0.1, 0.15) is 48.4 Å². The smallest absolute Gasteiger partial charge is 0.272 e. The Bertz CT molecular complexity index is 719. The van der Waals surface area contributed by atoms with E-state index in [1.54, 1.807) is 24.3 Å². The Hall–Kier alpha value is -2.66. The van der Waals surface area contributed by atoms with Crippen LogP contribution in [0.5, 0.6) is 0 Å². The van der Waals surface area contributed by atoms with Gasteiger partial charge in [-0.05, 0) is 28.7 Å². The Morgan fingerprint density at radius 1 is 0.920 bits per heavy atom. The second-order valence-corrected chi connectivity index (χ2v) is 6.80. The van der Waals surface area contributed by atoms with Crippen LogP contribution in [0, 0.1) is 0 Å². The molecule has 132 valence electrons. The number of methoxy groups -OCH3 is 1. The maximum atomic E-state index is 12.2. The van der Waals surface area contributed by atoms with Crippen LogP contribution >= 0.6 is 0 Å². The first-order valence-corrected chi connectivity index (χ1v) is 8.11. The third-order valence-corrected chi connectivity index (χ3v) is 3.89. The lowest BCUT2D eigenvalue weighted by molar-refractivity contribution is -0.132. The lowest BCUT2D eigenvalue weighted by Gasteiger charge is -2.19. The molecule has 5 heteroatoms. The van der Waals surface area contributed by atoms with Gasteiger partial charge in [0, 0.05) is 12.7 Å². The summed E-state index contributed by atoms with van der Waals surface area (Å²) < 4.78 is 5.23. The number of carbonyl (C=O) groups excluding carboxylic acids is 2. The molecule has 1 atom stereocenters. The van der Waals surface area contributed by atoms with Gasteiger partial charge in [0.15, 0.2) is 6.10 Å². The average molecular weight is 340 g/mol. The predicted molar refractivity (Wildman–Crippen MR) is 96.9 cm³/mol. The minimum Gasteiger partial charge on any atom is -0.367 e. The first kappa shape index (κ1) is 18.7. The number of hydrogen-bond donors (Lipinski definition) is 2. The van der Waals surface area contributed by atoms with Crippen molar-refractivity contribution in [2.45, 2.75) is 32.3 Å². The maximum absolute atomic E-state index is 12.2. The molecule has 0 aliphatic rings. The van der Waals surface area contributed by atoms with E-state index >= 15 is 0 Å². The number of benzene rings is 2. The molecule has 0 bridgehead atoms. The lowest BCUT2D eigenvalue weighted by atomic mass is 9.87. The predicted octanol–water partition coefficient (Wildman–Crippen LogP) is 3.13. The van der Waals surface area contributed by atoms with E-state index in [2.05, 4.69) is 31.6 Å². The zero-order chi connectivity index (χ0) is 18.4. The van der Waals surface area contributed by atoms with E-state index in [9.17, 15) is 9.59 Å². The second kappa shape index (κ2) is 7.94. The van der Waals surface area contributed by atoms with Gasteiger partial charge in [-0.1, -0.05) is 63.2 Å². The van der Waals surface area contributed by atoms with Crippen molar-refractivity contribution in [3.8, 4) is 0 Å². The molecule has 2 aromatic carbocycles. The Morgan fingerprint density at radius 2 is 1.52 bits per heavy atom. The van der Waals surface area contributed by atoms with Crippen molar-refractivity contribution in [2.24, 2.45) is 0 Å². The molecule has 0 saturated carbocycles. The van der Waals surface area contributed by atoms with E-state index in [1.807, 2.05) is 30.3 Å². The molecular weight excluding hydrogens is 316 g/mol. The molecule has 0 fully saturated rings. The molecule has 0 aliphatic heterocycles. The van der Waals surface area contributed by atoms with Gasteiger partial charge < -0.3 is 4.74 Å². The van der Waals surface area contributed by atoms with Crippen LogP contribution in [0.25, 0.3) is 0 Å². The van der Waals surface area contributed by atoms with Crippen molar-refractivity contribution in [3.05, 3.63) is 71.3 Å². The molecule has 0 saturated heterocycles. The van der Waals surface area contributed by atoms with Crippen molar-refractivity contribution >= 4 is 11.8 Å². The summed E-state index contributed by atoms with van der Waals surface area (Å²) in [5, 5.41) is 0. The van der Waals surface area contributed by atoms with Gasteiger partial charge in [-0.15, -0.1) is 0 Å². The standard InChI is InChI=1S/C20H24N2O3/c1-20(2,3)16-12-10-15(11-13-16)18(23)21-22-19(24)17(25-4)14-8-6-5-7-9-14/h5-13,17H,1-4H3,(H,21,23)(H,22,24)/t17-/m1/s1. The molecule has 2 N–H and O–H groups in total. The highest BCUT2D eigenvalue weighted by Gasteiger charge is 2.20. The van der Waals surface area contributed by atoms with Crippen LogP contribution in [0.2, 0.25) is 0 Å². The van der Waals surface area contributed by atoms with Gasteiger partial charge in [-0.3, -0.25) is 20.4 Å². The zero-order valence-corrected chi connectivity index (χ0v) is 15.0. The first-order chi connectivity index (χ1) is 11.8. The van der Waals surface area contributed by atoms with Gasteiger partial charge in [-0.25, -0.2) is 0 Å². The molecule has 0 spiro atoms. The summed E-state index contributed by atoms with van der Waals surface area (Å²) in [5.41, 5.74) is 7.18. The second-order valence-electron chi connectivity index (χ2n) is 6.80. The van der Waals surface area contributed by atoms with Crippen LogP contribution < -0.4 is 10.9 Å². The molecule has 0 unspecified atom stereocenters. The number of rotatable bonds is 4. The van der Waals surface area contributed by atoms with Crippen molar-refractivity contribution in [1.29, 1.82) is 0 Å². The number of carbonyl (C=O) groups is 2. The summed E-state index contributed by atoms with van der Waals surface area (Å²) >= 11 is 0. The largest absolute Gasteiger partial charge is 0.367 e. The summed E-state index contributed by atoms with van der Waals surface area (Å²) in [6.07, 6.45) is -0.787. The van der Waals surface area contributed by atoms with Gasteiger partial charge in [0.1, 0.15) is 0 Å². The highest BCUT2D eigenvalue weighted by molar-refractivity contribution is 5.95. The molecule has 2 rings (SSSR count). The molecule has 25 heavy (non-hydrogen) atoms. The first-order valence-electron chi connectivity index (χ1n) is 8.11. The fourth-order valence-electron chi connectivity index (χ4n) is 2.40. The minimum absolute atomic E-state index is 0.0184. The van der Waals surface area contributed by atoms with E-state index < -0.39 is 12.0 Å². The van der Waals surface area contributed by atoms with E-state index in [-0.39, 0.29) is 11.3 Å². The third-order valence-electron chi connectivity index (χ3n) is 3.89. The topological polar surface area (TPSA) is 67.4 Å². The molecule has 2 aromatic rings. The number of nitrogens with one attached hydrogen (secondary N) is 2. The molecule has 2 amide bonds. The molecule has 5 nitrogen and oxygen atoms in total. The summed E-state index contributed by atoms with van der Waals surface area (Å²) in [4.78, 5) is 24.4. The van der Waals surface area contributed by atoms with E-state index in [0.717, 1.165) is 5.56 Å². The average Bonchev–Trinajstić information content (AvgIpc) is 2.60. The van der Waals surface area contributed by atoms with Gasteiger partial charge in [-0.2, -0.15) is 0 Å². The van der Waals surface area contributed by atoms with Crippen molar-refractivity contribution in [2.75, 3.05) is 7.11 Å². The Balaban J connectivity index is 1.98. The van der Waals surface area contributed by atoms with E-state index in [1.165, 1.54) is 7.11 Å².